The van der Waals surface area contributed by atoms with Gasteiger partial charge in [0.1, 0.15) is 0 Å². The molecule has 0 radical (unpaired) electrons. The maximum absolute atomic E-state index is 13.2. The van der Waals surface area contributed by atoms with Crippen LogP contribution in [0.1, 0.15) is 36.5 Å². The van der Waals surface area contributed by atoms with E-state index in [1.807, 2.05) is 12.1 Å². The van der Waals surface area contributed by atoms with Crippen LogP contribution in [0.25, 0.3) is 22.2 Å². The van der Waals surface area contributed by atoms with Crippen LogP contribution in [0, 0.1) is 0 Å². The minimum absolute atomic E-state index is 0.297. The molecule has 6 heteroatoms. The Bertz CT molecular complexity index is 944. The van der Waals surface area contributed by atoms with Crippen molar-refractivity contribution in [3.63, 3.8) is 0 Å². The number of alkyl halides is 3. The highest BCUT2D eigenvalue weighted by Gasteiger charge is 2.31. The molecule has 0 amide bonds. The lowest BCUT2D eigenvalue weighted by atomic mass is 9.98. The van der Waals surface area contributed by atoms with Crippen LogP contribution in [0.3, 0.4) is 0 Å². The third-order valence-electron chi connectivity index (χ3n) is 4.82. The van der Waals surface area contributed by atoms with Crippen molar-refractivity contribution in [1.29, 1.82) is 0 Å². The fourth-order valence-corrected chi connectivity index (χ4v) is 3.56. The number of H-pyrrole nitrogens is 1. The molecule has 0 bridgehead atoms. The van der Waals surface area contributed by atoms with E-state index in [9.17, 15) is 13.2 Å². The second-order valence-corrected chi connectivity index (χ2v) is 7.06. The summed E-state index contributed by atoms with van der Waals surface area (Å²) in [4.78, 5) is 3.30. The molecule has 1 aromatic heterocycles. The first-order chi connectivity index (χ1) is 12.8. The van der Waals surface area contributed by atoms with Gasteiger partial charge in [0.2, 0.25) is 0 Å². The number of unbranched alkanes of at least 4 members (excludes halogenated alkanes) is 1. The Morgan fingerprint density at radius 3 is 2.52 bits per heavy atom. The molecule has 0 spiro atoms. The van der Waals surface area contributed by atoms with Crippen molar-refractivity contribution in [2.75, 3.05) is 6.54 Å². The molecule has 3 aromatic rings. The molecule has 1 heterocycles. The van der Waals surface area contributed by atoms with E-state index in [1.165, 1.54) is 11.6 Å². The van der Waals surface area contributed by atoms with Crippen molar-refractivity contribution in [2.24, 2.45) is 5.73 Å². The van der Waals surface area contributed by atoms with Gasteiger partial charge in [-0.3, -0.25) is 0 Å². The van der Waals surface area contributed by atoms with Crippen molar-refractivity contribution in [3.05, 3.63) is 58.1 Å². The molecule has 144 valence electrons. The molecule has 3 N–H and O–H groups in total. The molecular weight excluding hydrogens is 373 g/mol. The summed E-state index contributed by atoms with van der Waals surface area (Å²) in [5.74, 6) is 0. The molecule has 3 rings (SSSR count). The first-order valence-electron chi connectivity index (χ1n) is 9.05. The summed E-state index contributed by atoms with van der Waals surface area (Å²) < 4.78 is 39.6. The van der Waals surface area contributed by atoms with Gasteiger partial charge in [-0.05, 0) is 73.7 Å². The van der Waals surface area contributed by atoms with Crippen molar-refractivity contribution < 1.29 is 13.2 Å². The van der Waals surface area contributed by atoms with Crippen LogP contribution in [0.2, 0.25) is 5.02 Å². The predicted molar refractivity (Wildman–Crippen MR) is 105 cm³/mol. The minimum Gasteiger partial charge on any atom is -0.354 e. The molecule has 2 aromatic carbocycles. The molecule has 0 aliphatic carbocycles. The number of halogens is 4. The largest absolute Gasteiger partial charge is 0.416 e. The predicted octanol–water partition coefficient (Wildman–Crippen LogP) is 6.35. The fourth-order valence-electron chi connectivity index (χ4n) is 3.34. The van der Waals surface area contributed by atoms with Gasteiger partial charge in [0.15, 0.2) is 0 Å². The summed E-state index contributed by atoms with van der Waals surface area (Å²) in [7, 11) is 0. The molecule has 0 aliphatic heterocycles. The number of rotatable bonds is 6. The SMILES string of the molecule is CCc1ccc2[nH]c(-c3cc(C(F)(F)F)ccc3Cl)c(CCCCN)c2c1. The lowest BCUT2D eigenvalue weighted by Gasteiger charge is -2.11. The zero-order chi connectivity index (χ0) is 19.6. The van der Waals surface area contributed by atoms with E-state index in [0.717, 1.165) is 54.3 Å². The van der Waals surface area contributed by atoms with Crippen LogP contribution in [-0.2, 0) is 19.0 Å². The Hall–Kier alpha value is -1.98. The average Bonchev–Trinajstić information content (AvgIpc) is 2.99. The summed E-state index contributed by atoms with van der Waals surface area (Å²) in [6.07, 6.45) is -1.07. The highest BCUT2D eigenvalue weighted by molar-refractivity contribution is 6.33. The quantitative estimate of drug-likeness (QED) is 0.470. The lowest BCUT2D eigenvalue weighted by Crippen LogP contribution is -2.05. The summed E-state index contributed by atoms with van der Waals surface area (Å²) in [6.45, 7) is 2.66. The molecule has 2 nitrogen and oxygen atoms in total. The van der Waals surface area contributed by atoms with Gasteiger partial charge in [0.25, 0.3) is 0 Å². The van der Waals surface area contributed by atoms with Crippen molar-refractivity contribution in [3.8, 4) is 11.3 Å². The Balaban J connectivity index is 2.19. The topological polar surface area (TPSA) is 41.8 Å². The number of fused-ring (bicyclic) bond motifs is 1. The molecule has 0 aliphatic rings. The highest BCUT2D eigenvalue weighted by Crippen LogP contribution is 2.39. The second kappa shape index (κ2) is 7.95. The Kier molecular flexibility index (Phi) is 5.82. The van der Waals surface area contributed by atoms with Crippen LogP contribution in [0.15, 0.2) is 36.4 Å². The van der Waals surface area contributed by atoms with Crippen LogP contribution >= 0.6 is 11.6 Å². The van der Waals surface area contributed by atoms with Gasteiger partial charge in [-0.2, -0.15) is 13.2 Å². The number of aromatic nitrogens is 1. The van der Waals surface area contributed by atoms with Gasteiger partial charge in [-0.15, -0.1) is 0 Å². The van der Waals surface area contributed by atoms with E-state index in [2.05, 4.69) is 18.0 Å². The van der Waals surface area contributed by atoms with Gasteiger partial charge in [0, 0.05) is 21.5 Å². The smallest absolute Gasteiger partial charge is 0.354 e. The molecule has 0 atom stereocenters. The van der Waals surface area contributed by atoms with Crippen LogP contribution in [-0.4, -0.2) is 11.5 Å². The maximum atomic E-state index is 13.2. The van der Waals surface area contributed by atoms with Crippen LogP contribution < -0.4 is 5.73 Å². The van der Waals surface area contributed by atoms with Crippen molar-refractivity contribution >= 4 is 22.5 Å². The third-order valence-corrected chi connectivity index (χ3v) is 5.15. The van der Waals surface area contributed by atoms with Gasteiger partial charge in [-0.1, -0.05) is 24.6 Å². The highest BCUT2D eigenvalue weighted by atomic mass is 35.5. The maximum Gasteiger partial charge on any atom is 0.416 e. The molecule has 0 unspecified atom stereocenters. The summed E-state index contributed by atoms with van der Waals surface area (Å²) in [6, 6.07) is 9.56. The van der Waals surface area contributed by atoms with Crippen molar-refractivity contribution in [2.45, 2.75) is 38.8 Å². The van der Waals surface area contributed by atoms with Crippen LogP contribution in [0.4, 0.5) is 13.2 Å². The minimum atomic E-state index is -4.42. The number of benzene rings is 2. The number of aryl methyl sites for hydroxylation is 2. The number of hydrogen-bond donors (Lipinski definition) is 2. The summed E-state index contributed by atoms with van der Waals surface area (Å²) >= 11 is 6.29. The third kappa shape index (κ3) is 4.14. The zero-order valence-corrected chi connectivity index (χ0v) is 15.8. The van der Waals surface area contributed by atoms with Crippen LogP contribution in [0.5, 0.6) is 0 Å². The number of nitrogens with one attached hydrogen (secondary N) is 1. The lowest BCUT2D eigenvalue weighted by molar-refractivity contribution is -0.137. The molecule has 0 fully saturated rings. The Labute approximate surface area is 161 Å². The standard InChI is InChI=1S/C21H22ClF3N2/c1-2-13-6-9-19-16(11-13)15(5-3-4-10-26)20(27-19)17-12-14(21(23,24)25)7-8-18(17)22/h6-9,11-12,27H,2-5,10,26H2,1H3. The van der Waals surface area contributed by atoms with E-state index in [1.54, 1.807) is 0 Å². The molecule has 27 heavy (non-hydrogen) atoms. The van der Waals surface area contributed by atoms with Crippen molar-refractivity contribution in [1.82, 2.24) is 4.98 Å². The molecule has 0 saturated carbocycles. The number of aromatic amines is 1. The number of nitrogens with two attached hydrogens (primary N) is 1. The first-order valence-corrected chi connectivity index (χ1v) is 9.43. The molecular formula is C21H22ClF3N2. The summed E-state index contributed by atoms with van der Waals surface area (Å²) in [5.41, 5.74) is 9.02. The van der Waals surface area contributed by atoms with E-state index in [-0.39, 0.29) is 0 Å². The Morgan fingerprint density at radius 2 is 1.85 bits per heavy atom. The second-order valence-electron chi connectivity index (χ2n) is 6.65. The Morgan fingerprint density at radius 1 is 1.07 bits per heavy atom. The average molecular weight is 395 g/mol. The van der Waals surface area contributed by atoms with Gasteiger partial charge < -0.3 is 10.7 Å². The fraction of sp³-hybridized carbons (Fsp3) is 0.333. The van der Waals surface area contributed by atoms with E-state index in [0.29, 0.717) is 22.8 Å². The number of hydrogen-bond acceptors (Lipinski definition) is 1. The first kappa shape index (κ1) is 19.8. The normalized spacial score (nSPS) is 12.1. The van der Waals surface area contributed by atoms with Gasteiger partial charge >= 0.3 is 6.18 Å². The zero-order valence-electron chi connectivity index (χ0n) is 15.1. The van der Waals surface area contributed by atoms with E-state index >= 15 is 0 Å². The van der Waals surface area contributed by atoms with E-state index in [4.69, 9.17) is 17.3 Å². The summed E-state index contributed by atoms with van der Waals surface area (Å²) in [5, 5.41) is 1.33. The van der Waals surface area contributed by atoms with E-state index < -0.39 is 11.7 Å². The van der Waals surface area contributed by atoms with Gasteiger partial charge in [-0.25, -0.2) is 0 Å². The monoisotopic (exact) mass is 394 g/mol. The van der Waals surface area contributed by atoms with Gasteiger partial charge in [0.05, 0.1) is 11.3 Å². The molecule has 0 saturated heterocycles.